The molecule has 4 nitrogen and oxygen atoms in total. The van der Waals surface area contributed by atoms with Crippen LogP contribution in [0.25, 0.3) is 0 Å². The molecule has 1 unspecified atom stereocenters. The first-order chi connectivity index (χ1) is 8.70. The predicted molar refractivity (Wildman–Crippen MR) is 76.4 cm³/mol. The molecule has 1 aromatic rings. The van der Waals surface area contributed by atoms with Crippen LogP contribution in [0.2, 0.25) is 5.02 Å². The van der Waals surface area contributed by atoms with Crippen molar-refractivity contribution >= 4 is 23.4 Å². The molecule has 0 amide bonds. The average molecular weight is 269 g/mol. The third kappa shape index (κ3) is 3.25. The van der Waals surface area contributed by atoms with Gasteiger partial charge >= 0.3 is 0 Å². The van der Waals surface area contributed by atoms with Crippen molar-refractivity contribution in [2.75, 3.05) is 29.9 Å². The van der Waals surface area contributed by atoms with Crippen LogP contribution < -0.4 is 10.2 Å². The zero-order valence-corrected chi connectivity index (χ0v) is 11.9. The van der Waals surface area contributed by atoms with Gasteiger partial charge in [0.2, 0.25) is 5.95 Å². The molecule has 1 aromatic heterocycles. The summed E-state index contributed by atoms with van der Waals surface area (Å²) in [5, 5.41) is 3.78. The molecular formula is C13H21ClN4. The maximum absolute atomic E-state index is 6.22. The molecular weight excluding hydrogens is 248 g/mol. The Morgan fingerprint density at radius 3 is 3.06 bits per heavy atom. The zero-order chi connectivity index (χ0) is 13.0. The smallest absolute Gasteiger partial charge is 0.224 e. The normalized spacial score (nSPS) is 20.6. The minimum Gasteiger partial charge on any atom is -0.355 e. The van der Waals surface area contributed by atoms with Crippen molar-refractivity contribution in [2.45, 2.75) is 33.1 Å². The van der Waals surface area contributed by atoms with Crippen molar-refractivity contribution in [3.63, 3.8) is 0 Å². The fraction of sp³-hybridized carbons (Fsp3) is 0.692. The first-order valence-electron chi connectivity index (χ1n) is 6.72. The van der Waals surface area contributed by atoms with Crippen LogP contribution in [0.15, 0.2) is 6.20 Å². The van der Waals surface area contributed by atoms with E-state index < -0.39 is 0 Å². The van der Waals surface area contributed by atoms with Gasteiger partial charge in [-0.05, 0) is 32.1 Å². The zero-order valence-electron chi connectivity index (χ0n) is 11.1. The number of hydrogen-bond acceptors (Lipinski definition) is 4. The summed E-state index contributed by atoms with van der Waals surface area (Å²) in [5.74, 6) is 2.33. The average Bonchev–Trinajstić information content (AvgIpc) is 2.57. The third-order valence-electron chi connectivity index (χ3n) is 3.38. The van der Waals surface area contributed by atoms with E-state index in [2.05, 4.69) is 27.1 Å². The monoisotopic (exact) mass is 268 g/mol. The van der Waals surface area contributed by atoms with Crippen LogP contribution in [0.4, 0.5) is 11.8 Å². The van der Waals surface area contributed by atoms with Crippen LogP contribution in [0.5, 0.6) is 0 Å². The Balaban J connectivity index is 2.17. The van der Waals surface area contributed by atoms with Gasteiger partial charge in [0.05, 0.1) is 6.20 Å². The minimum absolute atomic E-state index is 0.645. The Morgan fingerprint density at radius 2 is 2.28 bits per heavy atom. The van der Waals surface area contributed by atoms with E-state index in [9.17, 15) is 0 Å². The number of nitrogens with zero attached hydrogens (tertiary/aromatic N) is 3. The molecule has 5 heteroatoms. The van der Waals surface area contributed by atoms with Crippen LogP contribution >= 0.6 is 11.6 Å². The first-order valence-corrected chi connectivity index (χ1v) is 7.10. The molecule has 0 radical (unpaired) electrons. The highest BCUT2D eigenvalue weighted by molar-refractivity contribution is 6.32. The molecule has 1 aliphatic rings. The Kier molecular flexibility index (Phi) is 4.64. The van der Waals surface area contributed by atoms with Gasteiger partial charge in [0, 0.05) is 19.6 Å². The summed E-state index contributed by atoms with van der Waals surface area (Å²) in [4.78, 5) is 11.0. The maximum Gasteiger partial charge on any atom is 0.224 e. The SMILES string of the molecule is CCNc1ncc(Cl)c(N2CCCC(C)CC2)n1. The number of halogens is 1. The highest BCUT2D eigenvalue weighted by Gasteiger charge is 2.18. The molecule has 0 spiro atoms. The summed E-state index contributed by atoms with van der Waals surface area (Å²) < 4.78 is 0. The summed E-state index contributed by atoms with van der Waals surface area (Å²) in [5.41, 5.74) is 0. The molecule has 0 aromatic carbocycles. The Morgan fingerprint density at radius 1 is 1.44 bits per heavy atom. The maximum atomic E-state index is 6.22. The lowest BCUT2D eigenvalue weighted by molar-refractivity contribution is 0.521. The van der Waals surface area contributed by atoms with E-state index in [-0.39, 0.29) is 0 Å². The lowest BCUT2D eigenvalue weighted by Crippen LogP contribution is -2.26. The molecule has 0 bridgehead atoms. The van der Waals surface area contributed by atoms with Gasteiger partial charge < -0.3 is 10.2 Å². The second-order valence-corrected chi connectivity index (χ2v) is 5.33. The van der Waals surface area contributed by atoms with E-state index in [0.717, 1.165) is 31.4 Å². The van der Waals surface area contributed by atoms with Crippen molar-refractivity contribution in [1.29, 1.82) is 0 Å². The lowest BCUT2D eigenvalue weighted by atomic mass is 10.0. The fourth-order valence-corrected chi connectivity index (χ4v) is 2.51. The quantitative estimate of drug-likeness (QED) is 0.914. The lowest BCUT2D eigenvalue weighted by Gasteiger charge is -2.22. The number of nitrogens with one attached hydrogen (secondary N) is 1. The van der Waals surface area contributed by atoms with Crippen LogP contribution in [0, 0.1) is 5.92 Å². The Hall–Kier alpha value is -1.03. The van der Waals surface area contributed by atoms with Gasteiger partial charge in [-0.25, -0.2) is 4.98 Å². The molecule has 0 saturated carbocycles. The molecule has 18 heavy (non-hydrogen) atoms. The summed E-state index contributed by atoms with van der Waals surface area (Å²) in [6.07, 6.45) is 5.39. The topological polar surface area (TPSA) is 41.1 Å². The molecule has 0 aliphatic carbocycles. The number of aromatic nitrogens is 2. The van der Waals surface area contributed by atoms with Crippen molar-refractivity contribution in [1.82, 2.24) is 9.97 Å². The molecule has 1 fully saturated rings. The summed E-state index contributed by atoms with van der Waals surface area (Å²) in [7, 11) is 0. The second-order valence-electron chi connectivity index (χ2n) is 4.92. The second kappa shape index (κ2) is 6.23. The Bertz CT molecular complexity index is 397. The van der Waals surface area contributed by atoms with E-state index in [1.54, 1.807) is 6.20 Å². The molecule has 2 heterocycles. The highest BCUT2D eigenvalue weighted by atomic mass is 35.5. The van der Waals surface area contributed by atoms with E-state index in [1.165, 1.54) is 19.3 Å². The van der Waals surface area contributed by atoms with Gasteiger partial charge in [-0.15, -0.1) is 0 Å². The van der Waals surface area contributed by atoms with Gasteiger partial charge in [0.25, 0.3) is 0 Å². The summed E-state index contributed by atoms with van der Waals surface area (Å²) in [6, 6.07) is 0. The van der Waals surface area contributed by atoms with Gasteiger partial charge in [0.15, 0.2) is 5.82 Å². The van der Waals surface area contributed by atoms with E-state index >= 15 is 0 Å². The minimum atomic E-state index is 0.645. The van der Waals surface area contributed by atoms with Crippen LogP contribution in [0.3, 0.4) is 0 Å². The number of hydrogen-bond donors (Lipinski definition) is 1. The van der Waals surface area contributed by atoms with Crippen LogP contribution in [0.1, 0.15) is 33.1 Å². The van der Waals surface area contributed by atoms with Crippen LogP contribution in [-0.2, 0) is 0 Å². The standard InChI is InChI=1S/C13H21ClN4/c1-3-15-13-16-9-11(14)12(17-13)18-7-4-5-10(2)6-8-18/h9-10H,3-8H2,1-2H3,(H,15,16,17). The van der Waals surface area contributed by atoms with Gasteiger partial charge in [-0.1, -0.05) is 18.5 Å². The molecule has 2 rings (SSSR count). The molecule has 1 atom stereocenters. The van der Waals surface area contributed by atoms with E-state index in [4.69, 9.17) is 11.6 Å². The predicted octanol–water partition coefficient (Wildman–Crippen LogP) is 3.19. The van der Waals surface area contributed by atoms with Crippen molar-refractivity contribution in [3.05, 3.63) is 11.2 Å². The fourth-order valence-electron chi connectivity index (χ4n) is 2.30. The van der Waals surface area contributed by atoms with Crippen molar-refractivity contribution in [3.8, 4) is 0 Å². The Labute approximate surface area is 114 Å². The molecule has 100 valence electrons. The molecule has 1 N–H and O–H groups in total. The number of anilines is 2. The van der Waals surface area contributed by atoms with E-state index in [0.29, 0.717) is 11.0 Å². The van der Waals surface area contributed by atoms with Gasteiger partial charge in [0.1, 0.15) is 5.02 Å². The van der Waals surface area contributed by atoms with Gasteiger partial charge in [-0.3, -0.25) is 0 Å². The number of rotatable bonds is 3. The third-order valence-corrected chi connectivity index (χ3v) is 3.64. The molecule has 1 aliphatic heterocycles. The highest BCUT2D eigenvalue weighted by Crippen LogP contribution is 2.27. The van der Waals surface area contributed by atoms with E-state index in [1.807, 2.05) is 6.92 Å². The summed E-state index contributed by atoms with van der Waals surface area (Å²) in [6.45, 7) is 7.23. The van der Waals surface area contributed by atoms with Gasteiger partial charge in [-0.2, -0.15) is 4.98 Å². The largest absolute Gasteiger partial charge is 0.355 e. The van der Waals surface area contributed by atoms with Crippen molar-refractivity contribution < 1.29 is 0 Å². The first kappa shape index (κ1) is 13.4. The van der Waals surface area contributed by atoms with Crippen LogP contribution in [-0.4, -0.2) is 29.6 Å². The summed E-state index contributed by atoms with van der Waals surface area (Å²) >= 11 is 6.22. The molecule has 1 saturated heterocycles. The van der Waals surface area contributed by atoms with Crippen molar-refractivity contribution in [2.24, 2.45) is 5.92 Å².